The van der Waals surface area contributed by atoms with Gasteiger partial charge in [0.15, 0.2) is 0 Å². The predicted octanol–water partition coefficient (Wildman–Crippen LogP) is 3.97. The van der Waals surface area contributed by atoms with Crippen LogP contribution in [0.5, 0.6) is 0 Å². The Labute approximate surface area is 179 Å². The number of hydrogen-bond donors (Lipinski definition) is 1. The predicted molar refractivity (Wildman–Crippen MR) is 120 cm³/mol. The van der Waals surface area contributed by atoms with Gasteiger partial charge in [-0.1, -0.05) is 72.7 Å². The van der Waals surface area contributed by atoms with Gasteiger partial charge in [-0.2, -0.15) is 0 Å². The van der Waals surface area contributed by atoms with E-state index in [9.17, 15) is 9.90 Å². The van der Waals surface area contributed by atoms with E-state index >= 15 is 0 Å². The number of allylic oxidation sites excluding steroid dienone is 1. The average Bonchev–Trinajstić information content (AvgIpc) is 3.00. The van der Waals surface area contributed by atoms with Crippen LogP contribution in [0.25, 0.3) is 0 Å². The third kappa shape index (κ3) is 5.18. The highest BCUT2D eigenvalue weighted by molar-refractivity contribution is 5.85. The maximum absolute atomic E-state index is 13.4. The van der Waals surface area contributed by atoms with Gasteiger partial charge in [0.2, 0.25) is 5.91 Å². The molecule has 1 aliphatic heterocycles. The van der Waals surface area contributed by atoms with Crippen LogP contribution in [-0.2, 0) is 17.9 Å². The lowest BCUT2D eigenvalue weighted by atomic mass is 10.00. The first-order chi connectivity index (χ1) is 14.6. The normalized spacial score (nSPS) is 21.0. The van der Waals surface area contributed by atoms with Crippen LogP contribution >= 0.6 is 0 Å². The summed E-state index contributed by atoms with van der Waals surface area (Å²) in [7, 11) is 0. The Morgan fingerprint density at radius 1 is 1.13 bits per heavy atom. The molecule has 0 saturated carbocycles. The van der Waals surface area contributed by atoms with Crippen LogP contribution in [-0.4, -0.2) is 39.1 Å². The van der Waals surface area contributed by atoms with Crippen LogP contribution in [0.2, 0.25) is 0 Å². The van der Waals surface area contributed by atoms with Crippen molar-refractivity contribution in [2.45, 2.75) is 50.5 Å². The molecule has 1 N–H and O–H groups in total. The SMILES string of the molecule is C#CCN1C(=O)[C@@H](N(Cc2ccccc2)Cc2ccccc2)CC1(O)CCCC=C. The van der Waals surface area contributed by atoms with Crippen molar-refractivity contribution in [1.82, 2.24) is 9.80 Å². The summed E-state index contributed by atoms with van der Waals surface area (Å²) in [6.45, 7) is 5.12. The summed E-state index contributed by atoms with van der Waals surface area (Å²) < 4.78 is 0. The molecule has 0 spiro atoms. The Kier molecular flexibility index (Phi) is 7.46. The molecule has 4 heteroatoms. The van der Waals surface area contributed by atoms with E-state index in [1.807, 2.05) is 42.5 Å². The molecule has 0 aliphatic carbocycles. The molecule has 2 aromatic carbocycles. The third-order valence-electron chi connectivity index (χ3n) is 5.71. The molecule has 2 atom stereocenters. The van der Waals surface area contributed by atoms with Crippen LogP contribution in [0.1, 0.15) is 36.8 Å². The van der Waals surface area contributed by atoms with E-state index in [4.69, 9.17) is 6.42 Å². The number of benzene rings is 2. The standard InChI is InChI=1S/C26H30N2O2/c1-3-5-12-17-26(30)19-24(25(29)28(26)18-4-2)27(20-22-13-8-6-9-14-22)21-23-15-10-7-11-16-23/h2-3,6-11,13-16,24,30H,1,5,12,17-21H2/t24-,26?/m0/s1. The molecule has 1 amide bonds. The summed E-state index contributed by atoms with van der Waals surface area (Å²) in [6.07, 6.45) is 9.77. The lowest BCUT2D eigenvalue weighted by molar-refractivity contribution is -0.145. The van der Waals surface area contributed by atoms with Crippen molar-refractivity contribution < 1.29 is 9.90 Å². The smallest absolute Gasteiger partial charge is 0.243 e. The van der Waals surface area contributed by atoms with Gasteiger partial charge in [0, 0.05) is 19.5 Å². The minimum Gasteiger partial charge on any atom is -0.371 e. The van der Waals surface area contributed by atoms with E-state index in [1.54, 1.807) is 0 Å². The van der Waals surface area contributed by atoms with Crippen molar-refractivity contribution in [3.63, 3.8) is 0 Å². The average molecular weight is 403 g/mol. The Morgan fingerprint density at radius 2 is 1.70 bits per heavy atom. The van der Waals surface area contributed by atoms with Gasteiger partial charge in [0.25, 0.3) is 0 Å². The molecule has 4 nitrogen and oxygen atoms in total. The molecule has 3 rings (SSSR count). The summed E-state index contributed by atoms with van der Waals surface area (Å²) in [5.74, 6) is 2.45. The molecule has 0 radical (unpaired) electrons. The van der Waals surface area contributed by atoms with Crippen LogP contribution in [0, 0.1) is 12.3 Å². The molecule has 1 aliphatic rings. The Hall–Kier alpha value is -2.87. The molecule has 0 aromatic heterocycles. The minimum absolute atomic E-state index is 0.0964. The fraction of sp³-hybridized carbons (Fsp3) is 0.346. The van der Waals surface area contributed by atoms with Crippen molar-refractivity contribution in [1.29, 1.82) is 0 Å². The number of rotatable bonds is 10. The van der Waals surface area contributed by atoms with Crippen molar-refractivity contribution in [2.75, 3.05) is 6.54 Å². The first-order valence-corrected chi connectivity index (χ1v) is 10.5. The van der Waals surface area contributed by atoms with E-state index in [0.29, 0.717) is 25.9 Å². The zero-order valence-electron chi connectivity index (χ0n) is 17.4. The van der Waals surface area contributed by atoms with E-state index in [-0.39, 0.29) is 12.5 Å². The molecule has 156 valence electrons. The molecular formula is C26H30N2O2. The summed E-state index contributed by atoms with van der Waals surface area (Å²) in [6, 6.07) is 19.8. The van der Waals surface area contributed by atoms with E-state index in [2.05, 4.69) is 41.7 Å². The van der Waals surface area contributed by atoms with Crippen LogP contribution < -0.4 is 0 Å². The van der Waals surface area contributed by atoms with E-state index in [0.717, 1.165) is 24.0 Å². The first kappa shape index (κ1) is 21.8. The van der Waals surface area contributed by atoms with Gasteiger partial charge < -0.3 is 10.0 Å². The summed E-state index contributed by atoms with van der Waals surface area (Å²) in [4.78, 5) is 17.0. The number of carbonyl (C=O) groups excluding carboxylic acids is 1. The van der Waals surface area contributed by atoms with Crippen LogP contribution in [0.4, 0.5) is 0 Å². The number of aliphatic hydroxyl groups is 1. The Balaban J connectivity index is 1.87. The highest BCUT2D eigenvalue weighted by Crippen LogP contribution is 2.36. The number of nitrogens with zero attached hydrogens (tertiary/aromatic N) is 2. The largest absolute Gasteiger partial charge is 0.371 e. The number of likely N-dealkylation sites (tertiary alicyclic amines) is 1. The van der Waals surface area contributed by atoms with Crippen molar-refractivity contribution in [2.24, 2.45) is 0 Å². The van der Waals surface area contributed by atoms with Crippen LogP contribution in [0.3, 0.4) is 0 Å². The second-order valence-corrected chi connectivity index (χ2v) is 7.89. The molecule has 2 aromatic rings. The lowest BCUT2D eigenvalue weighted by Crippen LogP contribution is -2.46. The molecule has 1 fully saturated rings. The second kappa shape index (κ2) is 10.2. The number of unbranched alkanes of at least 4 members (excludes halogenated alkanes) is 1. The second-order valence-electron chi connectivity index (χ2n) is 7.89. The summed E-state index contributed by atoms with van der Waals surface area (Å²) in [5, 5.41) is 11.4. The Bertz CT molecular complexity index is 833. The van der Waals surface area contributed by atoms with Gasteiger partial charge in [0.05, 0.1) is 12.6 Å². The van der Waals surface area contributed by atoms with Gasteiger partial charge in [-0.25, -0.2) is 0 Å². The number of amides is 1. The zero-order chi connectivity index (χ0) is 21.4. The third-order valence-corrected chi connectivity index (χ3v) is 5.71. The Morgan fingerprint density at radius 3 is 2.20 bits per heavy atom. The van der Waals surface area contributed by atoms with Crippen molar-refractivity contribution in [3.05, 3.63) is 84.4 Å². The maximum Gasteiger partial charge on any atom is 0.243 e. The maximum atomic E-state index is 13.4. The fourth-order valence-electron chi connectivity index (χ4n) is 4.17. The van der Waals surface area contributed by atoms with E-state index in [1.165, 1.54) is 4.90 Å². The molecule has 1 unspecified atom stereocenters. The zero-order valence-corrected chi connectivity index (χ0v) is 17.4. The molecule has 30 heavy (non-hydrogen) atoms. The molecule has 0 bridgehead atoms. The summed E-state index contributed by atoms with van der Waals surface area (Å²) >= 11 is 0. The monoisotopic (exact) mass is 402 g/mol. The highest BCUT2D eigenvalue weighted by atomic mass is 16.3. The molecular weight excluding hydrogens is 372 g/mol. The highest BCUT2D eigenvalue weighted by Gasteiger charge is 2.50. The molecule has 1 heterocycles. The van der Waals surface area contributed by atoms with Gasteiger partial charge in [-0.15, -0.1) is 13.0 Å². The minimum atomic E-state index is -1.22. The van der Waals surface area contributed by atoms with E-state index < -0.39 is 11.8 Å². The number of terminal acetylenes is 1. The van der Waals surface area contributed by atoms with Gasteiger partial charge in [-0.3, -0.25) is 9.69 Å². The topological polar surface area (TPSA) is 43.8 Å². The van der Waals surface area contributed by atoms with Gasteiger partial charge in [-0.05, 0) is 30.4 Å². The number of hydrogen-bond acceptors (Lipinski definition) is 3. The van der Waals surface area contributed by atoms with Gasteiger partial charge in [0.1, 0.15) is 5.72 Å². The molecule has 1 saturated heterocycles. The van der Waals surface area contributed by atoms with Gasteiger partial charge >= 0.3 is 0 Å². The van der Waals surface area contributed by atoms with Crippen molar-refractivity contribution in [3.8, 4) is 12.3 Å². The van der Waals surface area contributed by atoms with Crippen LogP contribution in [0.15, 0.2) is 73.3 Å². The quantitative estimate of drug-likeness (QED) is 0.372. The fourth-order valence-corrected chi connectivity index (χ4v) is 4.17. The number of carbonyl (C=O) groups is 1. The lowest BCUT2D eigenvalue weighted by Gasteiger charge is -2.32. The summed E-state index contributed by atoms with van der Waals surface area (Å²) in [5.41, 5.74) is 1.04. The van der Waals surface area contributed by atoms with Crippen molar-refractivity contribution >= 4 is 5.91 Å². The first-order valence-electron chi connectivity index (χ1n) is 10.5.